The standard InChI is InChI=1S/C35H21N3O.2C2H6/c1-2-9-26-21-27(18-13-22(26)7-1)32-29-20-19-23-8-3-4-10-28(23)33(29)38-34(37-32)24-14-16-25(17-15-24)35-36-30-11-5-6-12-31(30)39-35;2*1-2/h1-21H;2*1-2H3. The molecule has 0 fully saturated rings. The Kier molecular flexibility index (Phi) is 7.92. The summed E-state index contributed by atoms with van der Waals surface area (Å²) in [4.78, 5) is 14.9. The van der Waals surface area contributed by atoms with Gasteiger partial charge in [-0.25, -0.2) is 15.0 Å². The lowest BCUT2D eigenvalue weighted by Gasteiger charge is -2.12. The zero-order valence-electron chi connectivity index (χ0n) is 24.9. The van der Waals surface area contributed by atoms with Gasteiger partial charge in [0.05, 0.1) is 11.2 Å². The van der Waals surface area contributed by atoms with Crippen LogP contribution in [0.15, 0.2) is 132 Å². The predicted molar refractivity (Wildman–Crippen MR) is 181 cm³/mol. The molecule has 0 spiro atoms. The van der Waals surface area contributed by atoms with E-state index in [2.05, 4.69) is 83.8 Å². The van der Waals surface area contributed by atoms with E-state index in [0.29, 0.717) is 11.7 Å². The van der Waals surface area contributed by atoms with E-state index in [1.165, 1.54) is 10.8 Å². The number of aromatic nitrogens is 3. The smallest absolute Gasteiger partial charge is 0.227 e. The van der Waals surface area contributed by atoms with Gasteiger partial charge in [-0.15, -0.1) is 0 Å². The molecule has 4 heteroatoms. The summed E-state index contributed by atoms with van der Waals surface area (Å²) in [6, 6.07) is 43.6. The summed E-state index contributed by atoms with van der Waals surface area (Å²) in [6.45, 7) is 8.00. The van der Waals surface area contributed by atoms with Gasteiger partial charge in [0.1, 0.15) is 5.52 Å². The summed E-state index contributed by atoms with van der Waals surface area (Å²) in [5.74, 6) is 1.29. The van der Waals surface area contributed by atoms with Crippen LogP contribution in [0.5, 0.6) is 0 Å². The van der Waals surface area contributed by atoms with Gasteiger partial charge in [0.2, 0.25) is 5.89 Å². The molecule has 8 aromatic rings. The maximum atomic E-state index is 5.98. The van der Waals surface area contributed by atoms with Gasteiger partial charge < -0.3 is 4.42 Å². The number of fused-ring (bicyclic) bond motifs is 5. The second-order valence-electron chi connectivity index (χ2n) is 9.70. The molecule has 0 saturated heterocycles. The normalized spacial score (nSPS) is 10.8. The highest BCUT2D eigenvalue weighted by Gasteiger charge is 2.15. The van der Waals surface area contributed by atoms with Crippen molar-refractivity contribution in [3.8, 4) is 34.1 Å². The minimum atomic E-state index is 0.602. The summed E-state index contributed by atoms with van der Waals surface area (Å²) in [5.41, 5.74) is 6.42. The Hall–Kier alpha value is -5.35. The first-order valence-corrected chi connectivity index (χ1v) is 15.0. The van der Waals surface area contributed by atoms with Crippen molar-refractivity contribution in [3.63, 3.8) is 0 Å². The molecule has 0 radical (unpaired) electrons. The van der Waals surface area contributed by atoms with Gasteiger partial charge in [0.25, 0.3) is 0 Å². The summed E-state index contributed by atoms with van der Waals surface area (Å²) in [7, 11) is 0. The van der Waals surface area contributed by atoms with Crippen LogP contribution >= 0.6 is 0 Å². The largest absolute Gasteiger partial charge is 0.436 e. The molecule has 6 aromatic carbocycles. The van der Waals surface area contributed by atoms with Gasteiger partial charge in [0, 0.05) is 27.5 Å². The summed E-state index contributed by atoms with van der Waals surface area (Å²) >= 11 is 0. The van der Waals surface area contributed by atoms with E-state index < -0.39 is 0 Å². The third-order valence-electron chi connectivity index (χ3n) is 7.30. The van der Waals surface area contributed by atoms with Crippen molar-refractivity contribution in [3.05, 3.63) is 127 Å². The fourth-order valence-electron chi connectivity index (χ4n) is 5.31. The maximum Gasteiger partial charge on any atom is 0.227 e. The van der Waals surface area contributed by atoms with Crippen LogP contribution in [0.1, 0.15) is 27.7 Å². The average Bonchev–Trinajstić information content (AvgIpc) is 3.54. The molecule has 210 valence electrons. The van der Waals surface area contributed by atoms with Crippen LogP contribution in [0, 0.1) is 0 Å². The minimum Gasteiger partial charge on any atom is -0.436 e. The molecule has 0 atom stereocenters. The molecule has 0 amide bonds. The van der Waals surface area contributed by atoms with E-state index in [0.717, 1.165) is 55.2 Å². The summed E-state index contributed by atoms with van der Waals surface area (Å²) in [5, 5.41) is 5.71. The third-order valence-corrected chi connectivity index (χ3v) is 7.30. The van der Waals surface area contributed by atoms with Crippen molar-refractivity contribution >= 4 is 43.5 Å². The van der Waals surface area contributed by atoms with E-state index in [1.807, 2.05) is 76.2 Å². The Morgan fingerprint density at radius 2 is 1.09 bits per heavy atom. The van der Waals surface area contributed by atoms with Crippen molar-refractivity contribution in [1.29, 1.82) is 0 Å². The lowest BCUT2D eigenvalue weighted by atomic mass is 9.99. The van der Waals surface area contributed by atoms with Crippen LogP contribution in [0.4, 0.5) is 0 Å². The molecule has 0 aliphatic carbocycles. The first-order valence-electron chi connectivity index (χ1n) is 15.0. The number of hydrogen-bond acceptors (Lipinski definition) is 4. The van der Waals surface area contributed by atoms with Crippen LogP contribution in [-0.4, -0.2) is 15.0 Å². The van der Waals surface area contributed by atoms with Crippen molar-refractivity contribution in [2.24, 2.45) is 0 Å². The zero-order valence-corrected chi connectivity index (χ0v) is 24.9. The Balaban J connectivity index is 0.000000792. The molecule has 0 bridgehead atoms. The maximum absolute atomic E-state index is 5.98. The van der Waals surface area contributed by atoms with Gasteiger partial charge in [-0.3, -0.25) is 0 Å². The highest BCUT2D eigenvalue weighted by Crippen LogP contribution is 2.35. The molecule has 4 nitrogen and oxygen atoms in total. The van der Waals surface area contributed by atoms with Crippen LogP contribution in [-0.2, 0) is 0 Å². The van der Waals surface area contributed by atoms with E-state index in [1.54, 1.807) is 0 Å². The van der Waals surface area contributed by atoms with Gasteiger partial charge in [-0.2, -0.15) is 0 Å². The van der Waals surface area contributed by atoms with Crippen LogP contribution < -0.4 is 0 Å². The van der Waals surface area contributed by atoms with Gasteiger partial charge in [-0.1, -0.05) is 119 Å². The van der Waals surface area contributed by atoms with Crippen molar-refractivity contribution < 1.29 is 4.42 Å². The molecular weight excluding hydrogens is 526 g/mol. The lowest BCUT2D eigenvalue weighted by molar-refractivity contribution is 0.620. The van der Waals surface area contributed by atoms with Crippen LogP contribution in [0.2, 0.25) is 0 Å². The third kappa shape index (κ3) is 5.24. The van der Waals surface area contributed by atoms with E-state index >= 15 is 0 Å². The zero-order chi connectivity index (χ0) is 29.8. The molecule has 8 rings (SSSR count). The van der Waals surface area contributed by atoms with Crippen molar-refractivity contribution in [2.45, 2.75) is 27.7 Å². The SMILES string of the molecule is CC.CC.c1ccc2cc(-c3nc(-c4ccc(-c5nc6ccccc6o5)cc4)nc4c3ccc3ccccc34)ccc2c1. The monoisotopic (exact) mass is 559 g/mol. The molecule has 43 heavy (non-hydrogen) atoms. The summed E-state index contributed by atoms with van der Waals surface area (Å²) in [6.07, 6.45) is 0. The molecule has 2 heterocycles. The van der Waals surface area contributed by atoms with E-state index in [4.69, 9.17) is 14.4 Å². The molecule has 0 aliphatic heterocycles. The molecule has 0 unspecified atom stereocenters. The second kappa shape index (κ2) is 12.3. The fraction of sp³-hybridized carbons (Fsp3) is 0.103. The van der Waals surface area contributed by atoms with Crippen molar-refractivity contribution in [2.75, 3.05) is 0 Å². The predicted octanol–water partition coefficient (Wildman–Crippen LogP) is 11.1. The molecule has 2 aromatic heterocycles. The number of hydrogen-bond donors (Lipinski definition) is 0. The number of para-hydroxylation sites is 2. The topological polar surface area (TPSA) is 51.8 Å². The Bertz CT molecular complexity index is 2150. The number of nitrogens with zero attached hydrogens (tertiary/aromatic N) is 3. The number of rotatable bonds is 3. The Labute approximate surface area is 251 Å². The summed E-state index contributed by atoms with van der Waals surface area (Å²) < 4.78 is 5.98. The van der Waals surface area contributed by atoms with Gasteiger partial charge >= 0.3 is 0 Å². The first-order chi connectivity index (χ1) is 21.3. The van der Waals surface area contributed by atoms with Gasteiger partial charge in [0.15, 0.2) is 11.4 Å². The molecule has 0 N–H and O–H groups in total. The highest BCUT2D eigenvalue weighted by molar-refractivity contribution is 6.10. The second-order valence-corrected chi connectivity index (χ2v) is 9.70. The van der Waals surface area contributed by atoms with E-state index in [-0.39, 0.29) is 0 Å². The highest BCUT2D eigenvalue weighted by atomic mass is 16.3. The quantitative estimate of drug-likeness (QED) is 0.202. The molecular formula is C39H33N3O. The molecule has 0 aliphatic rings. The molecule has 0 saturated carbocycles. The van der Waals surface area contributed by atoms with Crippen molar-refractivity contribution in [1.82, 2.24) is 15.0 Å². The van der Waals surface area contributed by atoms with Crippen LogP contribution in [0.25, 0.3) is 77.6 Å². The van der Waals surface area contributed by atoms with Crippen LogP contribution in [0.3, 0.4) is 0 Å². The average molecular weight is 560 g/mol. The fourth-order valence-corrected chi connectivity index (χ4v) is 5.31. The number of oxazole rings is 1. The van der Waals surface area contributed by atoms with Gasteiger partial charge in [-0.05, 0) is 52.6 Å². The Morgan fingerprint density at radius 1 is 0.465 bits per heavy atom. The Morgan fingerprint density at radius 3 is 1.88 bits per heavy atom. The lowest BCUT2D eigenvalue weighted by Crippen LogP contribution is -1.96. The minimum absolute atomic E-state index is 0.602. The first kappa shape index (κ1) is 27.8. The van der Waals surface area contributed by atoms with E-state index in [9.17, 15) is 0 Å². The number of benzene rings is 6.